The fourth-order valence-electron chi connectivity index (χ4n) is 4.53. The van der Waals surface area contributed by atoms with Gasteiger partial charge in [-0.15, -0.1) is 13.2 Å². The summed E-state index contributed by atoms with van der Waals surface area (Å²) in [5.41, 5.74) is -0.643. The number of rotatable bonds is 11. The summed E-state index contributed by atoms with van der Waals surface area (Å²) in [5, 5.41) is 11.5. The summed E-state index contributed by atoms with van der Waals surface area (Å²) < 4.78 is 6.60. The van der Waals surface area contributed by atoms with Gasteiger partial charge in [-0.2, -0.15) is 0 Å². The van der Waals surface area contributed by atoms with E-state index in [1.165, 1.54) is 6.08 Å². The van der Waals surface area contributed by atoms with Crippen LogP contribution in [0.4, 0.5) is 0 Å². The van der Waals surface area contributed by atoms with Crippen molar-refractivity contribution in [3.8, 4) is 0 Å². The van der Waals surface area contributed by atoms with Crippen LogP contribution >= 0.6 is 15.9 Å². The van der Waals surface area contributed by atoms with Crippen LogP contribution in [0.15, 0.2) is 65.2 Å². The molecular formula is C29H37BrO5. The minimum absolute atomic E-state index is 0.106. The maximum absolute atomic E-state index is 13.4. The number of hydrogen-bond acceptors (Lipinski definition) is 5. The lowest BCUT2D eigenvalue weighted by Gasteiger charge is -2.29. The summed E-state index contributed by atoms with van der Waals surface area (Å²) in [7, 11) is 0. The van der Waals surface area contributed by atoms with E-state index in [4.69, 9.17) is 4.74 Å². The molecule has 0 saturated heterocycles. The molecule has 6 heteroatoms. The molecule has 4 atom stereocenters. The van der Waals surface area contributed by atoms with Gasteiger partial charge in [0.1, 0.15) is 17.5 Å². The van der Waals surface area contributed by atoms with Crippen molar-refractivity contribution in [2.75, 3.05) is 0 Å². The lowest BCUT2D eigenvalue weighted by atomic mass is 9.79. The predicted octanol–water partition coefficient (Wildman–Crippen LogP) is 6.40. The van der Waals surface area contributed by atoms with E-state index < -0.39 is 34.8 Å². The molecule has 1 saturated carbocycles. The predicted molar refractivity (Wildman–Crippen MR) is 142 cm³/mol. The molecule has 0 aromatic heterocycles. The molecule has 1 aliphatic rings. The molecule has 0 heterocycles. The summed E-state index contributed by atoms with van der Waals surface area (Å²) in [4.78, 5) is 38.8. The van der Waals surface area contributed by atoms with Gasteiger partial charge in [0.05, 0.1) is 11.5 Å². The molecule has 0 bridgehead atoms. The van der Waals surface area contributed by atoms with E-state index >= 15 is 0 Å². The van der Waals surface area contributed by atoms with Crippen molar-refractivity contribution in [3.63, 3.8) is 0 Å². The third kappa shape index (κ3) is 6.89. The smallest absolute Gasteiger partial charge is 0.338 e. The van der Waals surface area contributed by atoms with Crippen LogP contribution in [-0.2, 0) is 14.3 Å². The molecule has 1 aromatic carbocycles. The number of Topliss-reactive ketones (excluding diaryl/α,β-unsaturated/α-hetero) is 2. The number of ketones is 2. The topological polar surface area (TPSA) is 80.7 Å². The average Bonchev–Trinajstić information content (AvgIpc) is 3.04. The first-order valence-corrected chi connectivity index (χ1v) is 12.7. The van der Waals surface area contributed by atoms with E-state index in [2.05, 4.69) is 29.1 Å². The molecule has 1 aliphatic carbocycles. The number of benzene rings is 1. The largest absolute Gasteiger partial charge is 0.458 e. The summed E-state index contributed by atoms with van der Waals surface area (Å²) in [6.07, 6.45) is 4.12. The maximum atomic E-state index is 13.4. The second-order valence-corrected chi connectivity index (χ2v) is 11.3. The number of allylic oxidation sites excluding steroid dienone is 2. The quantitative estimate of drug-likeness (QED) is 0.198. The monoisotopic (exact) mass is 544 g/mol. The van der Waals surface area contributed by atoms with E-state index in [1.54, 1.807) is 37.3 Å². The lowest BCUT2D eigenvalue weighted by Crippen LogP contribution is -2.45. The maximum Gasteiger partial charge on any atom is 0.338 e. The van der Waals surface area contributed by atoms with Gasteiger partial charge in [0.25, 0.3) is 0 Å². The molecule has 35 heavy (non-hydrogen) atoms. The number of carbonyl (C=O) groups is 3. The van der Waals surface area contributed by atoms with Crippen LogP contribution in [0.3, 0.4) is 0 Å². The van der Waals surface area contributed by atoms with E-state index in [0.29, 0.717) is 30.4 Å². The van der Waals surface area contributed by atoms with Gasteiger partial charge in [0.2, 0.25) is 0 Å². The first-order valence-electron chi connectivity index (χ1n) is 11.9. The van der Waals surface area contributed by atoms with Crippen molar-refractivity contribution >= 4 is 33.5 Å². The highest BCUT2D eigenvalue weighted by Gasteiger charge is 2.56. The number of carbonyl (C=O) groups excluding carboxylic acids is 3. The molecule has 0 spiro atoms. The number of aliphatic hydroxyl groups is 1. The third-order valence-corrected chi connectivity index (χ3v) is 7.41. The Balaban J connectivity index is 2.17. The first kappa shape index (κ1) is 28.9. The molecule has 0 amide bonds. The Morgan fingerprint density at radius 2 is 1.80 bits per heavy atom. The van der Waals surface area contributed by atoms with Gasteiger partial charge in [-0.05, 0) is 68.9 Å². The zero-order valence-electron chi connectivity index (χ0n) is 21.4. The molecular weight excluding hydrogens is 508 g/mol. The highest BCUT2D eigenvalue weighted by Crippen LogP contribution is 2.44. The van der Waals surface area contributed by atoms with Gasteiger partial charge in [0, 0.05) is 16.3 Å². The Morgan fingerprint density at radius 1 is 1.20 bits per heavy atom. The van der Waals surface area contributed by atoms with Crippen LogP contribution in [0.2, 0.25) is 0 Å². The summed E-state index contributed by atoms with van der Waals surface area (Å²) in [6, 6.07) is 6.80. The van der Waals surface area contributed by atoms with E-state index in [9.17, 15) is 19.5 Å². The fourth-order valence-corrected chi connectivity index (χ4v) is 4.79. The highest BCUT2D eigenvalue weighted by atomic mass is 79.9. The minimum Gasteiger partial charge on any atom is -0.458 e. The van der Waals surface area contributed by atoms with Crippen molar-refractivity contribution in [2.24, 2.45) is 17.3 Å². The van der Waals surface area contributed by atoms with Gasteiger partial charge in [-0.3, -0.25) is 9.59 Å². The van der Waals surface area contributed by atoms with Crippen molar-refractivity contribution in [1.82, 2.24) is 0 Å². The molecule has 0 radical (unpaired) electrons. The van der Waals surface area contributed by atoms with Gasteiger partial charge < -0.3 is 9.84 Å². The zero-order valence-corrected chi connectivity index (χ0v) is 23.0. The Hall–Kier alpha value is -2.31. The number of halogens is 1. The third-order valence-electron chi connectivity index (χ3n) is 6.88. The van der Waals surface area contributed by atoms with Crippen LogP contribution < -0.4 is 0 Å². The fraction of sp³-hybridized carbons (Fsp3) is 0.483. The molecule has 1 aromatic rings. The van der Waals surface area contributed by atoms with Crippen LogP contribution in [0.25, 0.3) is 0 Å². The molecule has 0 aliphatic heterocycles. The summed E-state index contributed by atoms with van der Waals surface area (Å²) >= 11 is 3.34. The normalized spacial score (nSPS) is 24.7. The first-order chi connectivity index (χ1) is 16.2. The van der Waals surface area contributed by atoms with Gasteiger partial charge in [0.15, 0.2) is 5.78 Å². The van der Waals surface area contributed by atoms with Crippen molar-refractivity contribution < 1.29 is 24.2 Å². The van der Waals surface area contributed by atoms with Crippen LogP contribution in [0, 0.1) is 17.3 Å². The molecule has 0 unspecified atom stereocenters. The second kappa shape index (κ2) is 11.6. The summed E-state index contributed by atoms with van der Waals surface area (Å²) in [6.45, 7) is 16.8. The number of esters is 1. The molecule has 190 valence electrons. The van der Waals surface area contributed by atoms with Crippen LogP contribution in [0.5, 0.6) is 0 Å². The molecule has 2 rings (SSSR count). The average molecular weight is 546 g/mol. The second-order valence-electron chi connectivity index (χ2n) is 10.4. The van der Waals surface area contributed by atoms with Crippen LogP contribution in [0.1, 0.15) is 70.7 Å². The Morgan fingerprint density at radius 3 is 2.34 bits per heavy atom. The zero-order chi connectivity index (χ0) is 26.6. The summed E-state index contributed by atoms with van der Waals surface area (Å²) in [5.74, 6) is -1.84. The van der Waals surface area contributed by atoms with E-state index in [1.807, 2.05) is 27.7 Å². The molecule has 1 fully saturated rings. The van der Waals surface area contributed by atoms with Crippen molar-refractivity contribution in [2.45, 2.75) is 72.0 Å². The lowest BCUT2D eigenvalue weighted by molar-refractivity contribution is -0.137. The Kier molecular flexibility index (Phi) is 9.60. The standard InChI is InChI=1S/C29H37BrO5/c1-8-23-25(35-27(33)21-10-12-22(30)13-11-21)20(5)17-29(23,34)26(32)19(4)15-16-28(6,7)24(31)14-9-18(2)3/h8,10-13,15,20,23,25,34H,1-2,9,14,16-17H2,3-7H3/b19-15+/t20-,23-,25+,29+/m0/s1. The molecule has 5 nitrogen and oxygen atoms in total. The number of ether oxygens (including phenoxy) is 1. The highest BCUT2D eigenvalue weighted by molar-refractivity contribution is 9.10. The van der Waals surface area contributed by atoms with Crippen molar-refractivity contribution in [3.05, 3.63) is 70.8 Å². The van der Waals surface area contributed by atoms with Gasteiger partial charge in [-0.25, -0.2) is 4.79 Å². The number of hydrogen-bond donors (Lipinski definition) is 1. The minimum atomic E-state index is -1.74. The van der Waals surface area contributed by atoms with E-state index in [-0.39, 0.29) is 18.1 Å². The van der Waals surface area contributed by atoms with Gasteiger partial charge in [-0.1, -0.05) is 54.4 Å². The Labute approximate surface area is 217 Å². The van der Waals surface area contributed by atoms with Crippen LogP contribution in [-0.4, -0.2) is 34.3 Å². The van der Waals surface area contributed by atoms with Crippen molar-refractivity contribution in [1.29, 1.82) is 0 Å². The van der Waals surface area contributed by atoms with E-state index in [0.717, 1.165) is 10.0 Å². The van der Waals surface area contributed by atoms with Gasteiger partial charge >= 0.3 is 5.97 Å². The Bertz CT molecular complexity index is 1020. The SMILES string of the molecule is C=C[C@H]1[C@H](OC(=O)c2ccc(Br)cc2)[C@@H](C)C[C@]1(O)C(=O)/C(C)=C/CC(C)(C)C(=O)CCC(=C)C. The molecule has 1 N–H and O–H groups in total.